The van der Waals surface area contributed by atoms with Crippen molar-refractivity contribution in [3.8, 4) is 0 Å². The van der Waals surface area contributed by atoms with Crippen molar-refractivity contribution < 1.29 is 14.7 Å². The molecular weight excluding hydrogens is 336 g/mol. The largest absolute Gasteiger partial charge is 0.465 e. The number of anilines is 1. The van der Waals surface area contributed by atoms with Gasteiger partial charge in [-0.3, -0.25) is 4.79 Å². The second-order valence-corrected chi connectivity index (χ2v) is 7.15. The summed E-state index contributed by atoms with van der Waals surface area (Å²) in [5.74, 6) is 1.70. The van der Waals surface area contributed by atoms with Crippen molar-refractivity contribution in [3.63, 3.8) is 0 Å². The fourth-order valence-corrected chi connectivity index (χ4v) is 4.36. The number of amides is 2. The first-order valence-corrected chi connectivity index (χ1v) is 8.78. The molecular formula is C17H22N6O3. The molecule has 3 N–H and O–H groups in total. The molecule has 1 unspecified atom stereocenters. The number of fused-ring (bicyclic) bond motifs is 2. The molecule has 2 aromatic heterocycles. The Morgan fingerprint density at radius 2 is 2.08 bits per heavy atom. The molecule has 0 radical (unpaired) electrons. The van der Waals surface area contributed by atoms with E-state index in [-0.39, 0.29) is 12.5 Å². The van der Waals surface area contributed by atoms with Gasteiger partial charge in [-0.05, 0) is 30.7 Å². The van der Waals surface area contributed by atoms with Gasteiger partial charge in [0, 0.05) is 32.4 Å². The first-order chi connectivity index (χ1) is 12.5. The highest BCUT2D eigenvalue weighted by atomic mass is 16.4. The SMILES string of the molecule is CN(c1ncnc2[nH]ccc12)C1C[C@@H]2CN(C(=O)CNC(=O)O)C[C@@H]2C1. The lowest BCUT2D eigenvalue weighted by Gasteiger charge is -2.28. The van der Waals surface area contributed by atoms with Crippen LogP contribution in [0.3, 0.4) is 0 Å². The predicted molar refractivity (Wildman–Crippen MR) is 94.9 cm³/mol. The van der Waals surface area contributed by atoms with Crippen LogP contribution in [-0.2, 0) is 4.79 Å². The standard InChI is InChI=1S/C17H22N6O3/c1-22(16-13-2-3-18-15(13)20-9-21-16)12-4-10-7-23(8-11(10)5-12)14(24)6-19-17(25)26/h2-3,9-12,19H,4-8H2,1H3,(H,25,26)(H,18,20,21)/t10-,11+,12?. The van der Waals surface area contributed by atoms with Crippen LogP contribution in [-0.4, -0.2) is 69.7 Å². The normalized spacial score (nSPS) is 24.7. The number of H-pyrrole nitrogens is 1. The van der Waals surface area contributed by atoms with E-state index in [0.29, 0.717) is 31.0 Å². The van der Waals surface area contributed by atoms with Crippen molar-refractivity contribution in [1.29, 1.82) is 0 Å². The summed E-state index contributed by atoms with van der Waals surface area (Å²) in [7, 11) is 2.07. The van der Waals surface area contributed by atoms with Crippen molar-refractivity contribution >= 4 is 28.9 Å². The molecule has 9 nitrogen and oxygen atoms in total. The molecule has 1 aliphatic carbocycles. The quantitative estimate of drug-likeness (QED) is 0.748. The second kappa shape index (κ2) is 6.47. The van der Waals surface area contributed by atoms with Crippen LogP contribution in [0.4, 0.5) is 10.6 Å². The Balaban J connectivity index is 1.39. The van der Waals surface area contributed by atoms with Crippen LogP contribution in [0.2, 0.25) is 0 Å². The molecule has 138 valence electrons. The summed E-state index contributed by atoms with van der Waals surface area (Å²) in [6.45, 7) is 1.27. The average Bonchev–Trinajstić information content (AvgIpc) is 3.32. The van der Waals surface area contributed by atoms with E-state index >= 15 is 0 Å². The first-order valence-electron chi connectivity index (χ1n) is 8.78. The maximum atomic E-state index is 12.1. The van der Waals surface area contributed by atoms with Gasteiger partial charge in [0.15, 0.2) is 0 Å². The van der Waals surface area contributed by atoms with Crippen molar-refractivity contribution in [3.05, 3.63) is 18.6 Å². The molecule has 9 heteroatoms. The number of nitrogens with zero attached hydrogens (tertiary/aromatic N) is 4. The fourth-order valence-electron chi connectivity index (χ4n) is 4.36. The summed E-state index contributed by atoms with van der Waals surface area (Å²) in [6.07, 6.45) is 4.30. The minimum Gasteiger partial charge on any atom is -0.465 e. The summed E-state index contributed by atoms with van der Waals surface area (Å²) in [5.41, 5.74) is 0.836. The number of aromatic nitrogens is 3. The Morgan fingerprint density at radius 1 is 1.35 bits per heavy atom. The molecule has 0 spiro atoms. The lowest BCUT2D eigenvalue weighted by molar-refractivity contribution is -0.129. The van der Waals surface area contributed by atoms with Crippen LogP contribution in [0, 0.1) is 11.8 Å². The highest BCUT2D eigenvalue weighted by Gasteiger charge is 2.43. The molecule has 2 fully saturated rings. The van der Waals surface area contributed by atoms with E-state index in [9.17, 15) is 9.59 Å². The molecule has 1 saturated heterocycles. The number of hydrogen-bond acceptors (Lipinski definition) is 5. The lowest BCUT2D eigenvalue weighted by atomic mass is 10.0. The Morgan fingerprint density at radius 3 is 2.77 bits per heavy atom. The Bertz CT molecular complexity index is 823. The zero-order chi connectivity index (χ0) is 18.3. The number of nitrogens with one attached hydrogen (secondary N) is 2. The Labute approximate surface area is 150 Å². The molecule has 3 atom stereocenters. The third-order valence-corrected chi connectivity index (χ3v) is 5.68. The van der Waals surface area contributed by atoms with Gasteiger partial charge in [0.2, 0.25) is 5.91 Å². The van der Waals surface area contributed by atoms with E-state index in [2.05, 4.69) is 32.2 Å². The van der Waals surface area contributed by atoms with Crippen LogP contribution < -0.4 is 10.2 Å². The van der Waals surface area contributed by atoms with Crippen LogP contribution >= 0.6 is 0 Å². The summed E-state index contributed by atoms with van der Waals surface area (Å²) < 4.78 is 0. The van der Waals surface area contributed by atoms with Gasteiger partial charge in [-0.25, -0.2) is 14.8 Å². The van der Waals surface area contributed by atoms with Crippen molar-refractivity contribution in [2.45, 2.75) is 18.9 Å². The first kappa shape index (κ1) is 16.6. The number of rotatable bonds is 4. The molecule has 26 heavy (non-hydrogen) atoms. The number of aromatic amines is 1. The van der Waals surface area contributed by atoms with Crippen LogP contribution in [0.15, 0.2) is 18.6 Å². The third kappa shape index (κ3) is 2.93. The van der Waals surface area contributed by atoms with E-state index in [1.54, 1.807) is 11.2 Å². The monoisotopic (exact) mass is 358 g/mol. The topological polar surface area (TPSA) is 114 Å². The third-order valence-electron chi connectivity index (χ3n) is 5.68. The predicted octanol–water partition coefficient (Wildman–Crippen LogP) is 0.899. The minimum atomic E-state index is -1.17. The van der Waals surface area contributed by atoms with E-state index in [4.69, 9.17) is 5.11 Å². The van der Waals surface area contributed by atoms with E-state index in [0.717, 1.165) is 29.7 Å². The summed E-state index contributed by atoms with van der Waals surface area (Å²) in [5, 5.41) is 11.8. The van der Waals surface area contributed by atoms with Gasteiger partial charge < -0.3 is 25.2 Å². The van der Waals surface area contributed by atoms with Gasteiger partial charge in [0.1, 0.15) is 24.3 Å². The molecule has 4 rings (SSSR count). The molecule has 2 aromatic rings. The highest BCUT2D eigenvalue weighted by Crippen LogP contribution is 2.41. The van der Waals surface area contributed by atoms with Gasteiger partial charge in [-0.15, -0.1) is 0 Å². The molecule has 0 aromatic carbocycles. The van der Waals surface area contributed by atoms with Crippen molar-refractivity contribution in [2.75, 3.05) is 31.6 Å². The Kier molecular flexibility index (Phi) is 4.14. The number of carboxylic acid groups (broad SMARTS) is 1. The van der Waals surface area contributed by atoms with Crippen molar-refractivity contribution in [1.82, 2.24) is 25.2 Å². The zero-order valence-corrected chi connectivity index (χ0v) is 14.6. The van der Waals surface area contributed by atoms with E-state index < -0.39 is 6.09 Å². The van der Waals surface area contributed by atoms with Gasteiger partial charge in [-0.1, -0.05) is 0 Å². The molecule has 3 heterocycles. The van der Waals surface area contributed by atoms with Crippen LogP contribution in [0.25, 0.3) is 11.0 Å². The molecule has 0 bridgehead atoms. The summed E-state index contributed by atoms with van der Waals surface area (Å²) in [4.78, 5) is 38.5. The number of carbonyl (C=O) groups is 2. The highest BCUT2D eigenvalue weighted by molar-refractivity contribution is 5.87. The maximum absolute atomic E-state index is 12.1. The van der Waals surface area contributed by atoms with Gasteiger partial charge in [0.25, 0.3) is 0 Å². The smallest absolute Gasteiger partial charge is 0.405 e. The van der Waals surface area contributed by atoms with Gasteiger partial charge in [0.05, 0.1) is 5.39 Å². The molecule has 1 aliphatic heterocycles. The van der Waals surface area contributed by atoms with Crippen LogP contribution in [0.1, 0.15) is 12.8 Å². The summed E-state index contributed by atoms with van der Waals surface area (Å²) in [6, 6.07) is 2.37. The summed E-state index contributed by atoms with van der Waals surface area (Å²) >= 11 is 0. The second-order valence-electron chi connectivity index (χ2n) is 7.15. The maximum Gasteiger partial charge on any atom is 0.405 e. The minimum absolute atomic E-state index is 0.142. The van der Waals surface area contributed by atoms with Crippen LogP contribution in [0.5, 0.6) is 0 Å². The molecule has 2 amide bonds. The van der Waals surface area contributed by atoms with Crippen molar-refractivity contribution in [2.24, 2.45) is 11.8 Å². The average molecular weight is 358 g/mol. The number of likely N-dealkylation sites (tertiary alicyclic amines) is 1. The zero-order valence-electron chi connectivity index (χ0n) is 14.6. The molecule has 1 saturated carbocycles. The van der Waals surface area contributed by atoms with Gasteiger partial charge >= 0.3 is 6.09 Å². The molecule has 2 aliphatic rings. The number of hydrogen-bond donors (Lipinski definition) is 3. The fraction of sp³-hybridized carbons (Fsp3) is 0.529. The van der Waals surface area contributed by atoms with E-state index in [1.807, 2.05) is 12.3 Å². The lowest BCUT2D eigenvalue weighted by Crippen LogP contribution is -2.40. The van der Waals surface area contributed by atoms with Gasteiger partial charge in [-0.2, -0.15) is 0 Å². The van der Waals surface area contributed by atoms with E-state index in [1.165, 1.54) is 0 Å². The number of carbonyl (C=O) groups excluding carboxylic acids is 1. The Hall–Kier alpha value is -2.84.